The molecule has 0 saturated heterocycles. The summed E-state index contributed by atoms with van der Waals surface area (Å²) < 4.78 is 0. The van der Waals surface area contributed by atoms with E-state index in [-0.39, 0.29) is 5.41 Å². The molecule has 0 spiro atoms. The highest BCUT2D eigenvalue weighted by molar-refractivity contribution is 4.99. The summed E-state index contributed by atoms with van der Waals surface area (Å²) in [4.78, 5) is 0. The highest BCUT2D eigenvalue weighted by Gasteiger charge is 2.33. The zero-order valence-corrected chi connectivity index (χ0v) is 8.27. The summed E-state index contributed by atoms with van der Waals surface area (Å²) in [5.74, 6) is 0.668. The molecular formula is C11H19N. The molecule has 1 nitrogen and oxygen atoms in total. The Morgan fingerprint density at radius 1 is 1.33 bits per heavy atom. The number of nitriles is 1. The quantitative estimate of drug-likeness (QED) is 0.614. The van der Waals surface area contributed by atoms with Gasteiger partial charge in [0, 0.05) is 0 Å². The molecule has 0 bridgehead atoms. The molecule has 0 aromatic rings. The maximum Gasteiger partial charge on any atom is 0.0689 e. The smallest absolute Gasteiger partial charge is 0.0689 e. The number of rotatable bonds is 2. The van der Waals surface area contributed by atoms with Crippen molar-refractivity contribution in [1.29, 1.82) is 5.26 Å². The molecule has 1 unspecified atom stereocenters. The second kappa shape index (κ2) is 3.94. The fourth-order valence-electron chi connectivity index (χ4n) is 2.20. The van der Waals surface area contributed by atoms with Gasteiger partial charge in [0.25, 0.3) is 0 Å². The van der Waals surface area contributed by atoms with Crippen LogP contribution in [-0.4, -0.2) is 0 Å². The molecule has 0 radical (unpaired) electrons. The molecule has 1 rings (SSSR count). The lowest BCUT2D eigenvalue weighted by molar-refractivity contribution is 0.192. The van der Waals surface area contributed by atoms with Crippen LogP contribution in [0.2, 0.25) is 0 Å². The van der Waals surface area contributed by atoms with E-state index in [0.29, 0.717) is 5.92 Å². The van der Waals surface area contributed by atoms with Crippen molar-refractivity contribution in [3.8, 4) is 6.07 Å². The van der Waals surface area contributed by atoms with Crippen molar-refractivity contribution in [1.82, 2.24) is 0 Å². The van der Waals surface area contributed by atoms with Crippen LogP contribution in [-0.2, 0) is 0 Å². The van der Waals surface area contributed by atoms with Crippen molar-refractivity contribution in [2.75, 3.05) is 0 Å². The monoisotopic (exact) mass is 165 g/mol. The molecule has 0 aromatic heterocycles. The minimum absolute atomic E-state index is 0.0412. The van der Waals surface area contributed by atoms with Gasteiger partial charge in [0.15, 0.2) is 0 Å². The van der Waals surface area contributed by atoms with Gasteiger partial charge in [-0.1, -0.05) is 26.2 Å². The van der Waals surface area contributed by atoms with Crippen LogP contribution < -0.4 is 0 Å². The number of nitrogens with zero attached hydrogens (tertiary/aromatic N) is 1. The second-order valence-electron chi connectivity index (χ2n) is 4.22. The Balaban J connectivity index is 2.59. The van der Waals surface area contributed by atoms with E-state index in [1.165, 1.54) is 32.1 Å². The van der Waals surface area contributed by atoms with Crippen LogP contribution in [0.1, 0.15) is 52.4 Å². The van der Waals surface area contributed by atoms with Crippen LogP contribution >= 0.6 is 0 Å². The highest BCUT2D eigenvalue weighted by Crippen LogP contribution is 2.40. The summed E-state index contributed by atoms with van der Waals surface area (Å²) >= 11 is 0. The van der Waals surface area contributed by atoms with Crippen LogP contribution in [0, 0.1) is 22.7 Å². The molecule has 1 fully saturated rings. The molecule has 0 aliphatic heterocycles. The first-order valence-corrected chi connectivity index (χ1v) is 5.14. The summed E-state index contributed by atoms with van der Waals surface area (Å²) in [7, 11) is 0. The largest absolute Gasteiger partial charge is 0.198 e. The predicted molar refractivity (Wildman–Crippen MR) is 50.6 cm³/mol. The van der Waals surface area contributed by atoms with Crippen LogP contribution in [0.3, 0.4) is 0 Å². The first-order chi connectivity index (χ1) is 5.73. The van der Waals surface area contributed by atoms with Crippen molar-refractivity contribution in [3.05, 3.63) is 0 Å². The Labute approximate surface area is 75.8 Å². The highest BCUT2D eigenvalue weighted by atomic mass is 14.4. The molecule has 1 saturated carbocycles. The van der Waals surface area contributed by atoms with Gasteiger partial charge in [0.05, 0.1) is 11.5 Å². The lowest BCUT2D eigenvalue weighted by Gasteiger charge is -2.33. The van der Waals surface area contributed by atoms with Crippen molar-refractivity contribution >= 4 is 0 Å². The van der Waals surface area contributed by atoms with E-state index < -0.39 is 0 Å². The second-order valence-corrected chi connectivity index (χ2v) is 4.22. The van der Waals surface area contributed by atoms with Gasteiger partial charge < -0.3 is 0 Å². The van der Waals surface area contributed by atoms with E-state index in [1.807, 2.05) is 0 Å². The Hall–Kier alpha value is -0.510. The van der Waals surface area contributed by atoms with E-state index in [9.17, 15) is 0 Å². The minimum Gasteiger partial charge on any atom is -0.198 e. The van der Waals surface area contributed by atoms with Gasteiger partial charge in [-0.25, -0.2) is 0 Å². The van der Waals surface area contributed by atoms with E-state index in [4.69, 9.17) is 5.26 Å². The van der Waals surface area contributed by atoms with Crippen molar-refractivity contribution in [3.63, 3.8) is 0 Å². The molecule has 12 heavy (non-hydrogen) atoms. The average Bonchev–Trinajstić information content (AvgIpc) is 2.18. The molecule has 0 N–H and O–H groups in total. The van der Waals surface area contributed by atoms with Crippen LogP contribution in [0.25, 0.3) is 0 Å². The van der Waals surface area contributed by atoms with Gasteiger partial charge in [-0.3, -0.25) is 0 Å². The summed E-state index contributed by atoms with van der Waals surface area (Å²) in [6.45, 7) is 4.26. The molecule has 1 heteroatoms. The SMILES string of the molecule is CCC(C)(C#N)C1CCCCC1. The van der Waals surface area contributed by atoms with Gasteiger partial charge in [0.2, 0.25) is 0 Å². The van der Waals surface area contributed by atoms with Crippen molar-refractivity contribution in [2.24, 2.45) is 11.3 Å². The minimum atomic E-state index is -0.0412. The van der Waals surface area contributed by atoms with E-state index in [1.54, 1.807) is 0 Å². The lowest BCUT2D eigenvalue weighted by atomic mass is 9.69. The molecule has 1 aliphatic carbocycles. The van der Waals surface area contributed by atoms with Gasteiger partial charge in [0.1, 0.15) is 0 Å². The third-order valence-electron chi connectivity index (χ3n) is 3.50. The normalized spacial score (nSPS) is 24.4. The summed E-state index contributed by atoms with van der Waals surface area (Å²) in [6, 6.07) is 2.50. The van der Waals surface area contributed by atoms with Gasteiger partial charge in [-0.05, 0) is 32.1 Å². The lowest BCUT2D eigenvalue weighted by Crippen LogP contribution is -2.26. The zero-order valence-electron chi connectivity index (χ0n) is 8.27. The Bertz CT molecular complexity index is 174. The third-order valence-corrected chi connectivity index (χ3v) is 3.50. The zero-order chi connectivity index (χ0) is 9.03. The van der Waals surface area contributed by atoms with E-state index in [2.05, 4.69) is 19.9 Å². The fraction of sp³-hybridized carbons (Fsp3) is 0.909. The first-order valence-electron chi connectivity index (χ1n) is 5.14. The van der Waals surface area contributed by atoms with Crippen molar-refractivity contribution < 1.29 is 0 Å². The Kier molecular flexibility index (Phi) is 3.14. The van der Waals surface area contributed by atoms with Crippen LogP contribution in [0.5, 0.6) is 0 Å². The maximum atomic E-state index is 9.09. The molecule has 0 aromatic carbocycles. The third kappa shape index (κ3) is 1.80. The van der Waals surface area contributed by atoms with Gasteiger partial charge in [-0.2, -0.15) is 5.26 Å². The summed E-state index contributed by atoms with van der Waals surface area (Å²) in [5, 5.41) is 9.09. The molecule has 1 atom stereocenters. The first kappa shape index (κ1) is 9.58. The van der Waals surface area contributed by atoms with Crippen molar-refractivity contribution in [2.45, 2.75) is 52.4 Å². The molecule has 0 amide bonds. The average molecular weight is 165 g/mol. The van der Waals surface area contributed by atoms with Crippen LogP contribution in [0.4, 0.5) is 0 Å². The molecule has 68 valence electrons. The Morgan fingerprint density at radius 3 is 2.33 bits per heavy atom. The van der Waals surface area contributed by atoms with Gasteiger partial charge in [-0.15, -0.1) is 0 Å². The Morgan fingerprint density at radius 2 is 1.92 bits per heavy atom. The standard InChI is InChI=1S/C11H19N/c1-3-11(2,9-12)10-7-5-4-6-8-10/h10H,3-8H2,1-2H3. The number of hydrogen-bond acceptors (Lipinski definition) is 1. The van der Waals surface area contributed by atoms with E-state index >= 15 is 0 Å². The summed E-state index contributed by atoms with van der Waals surface area (Å²) in [5.41, 5.74) is -0.0412. The molecule has 1 aliphatic rings. The van der Waals surface area contributed by atoms with E-state index in [0.717, 1.165) is 6.42 Å². The molecule has 0 heterocycles. The van der Waals surface area contributed by atoms with Gasteiger partial charge >= 0.3 is 0 Å². The number of hydrogen-bond donors (Lipinski definition) is 0. The maximum absolute atomic E-state index is 9.09. The predicted octanol–water partition coefficient (Wildman–Crippen LogP) is 3.51. The molecular weight excluding hydrogens is 146 g/mol. The fourth-order valence-corrected chi connectivity index (χ4v) is 2.20. The summed E-state index contributed by atoms with van der Waals surface area (Å²) in [6.07, 6.45) is 7.61. The van der Waals surface area contributed by atoms with Crippen LogP contribution in [0.15, 0.2) is 0 Å². The topological polar surface area (TPSA) is 23.8 Å².